The van der Waals surface area contributed by atoms with Crippen LogP contribution in [0.25, 0.3) is 11.1 Å². The van der Waals surface area contributed by atoms with Gasteiger partial charge in [-0.05, 0) is 25.1 Å². The van der Waals surface area contributed by atoms with E-state index in [4.69, 9.17) is 4.74 Å². The van der Waals surface area contributed by atoms with Gasteiger partial charge in [0.25, 0.3) is 0 Å². The summed E-state index contributed by atoms with van der Waals surface area (Å²) in [6.07, 6.45) is 1.19. The topological polar surface area (TPSA) is 21.3 Å². The molecule has 100 valence electrons. The average Bonchev–Trinajstić information content (AvgIpc) is 2.48. The van der Waals surface area contributed by atoms with Gasteiger partial charge >= 0.3 is 0 Å². The van der Waals surface area contributed by atoms with Gasteiger partial charge in [-0.2, -0.15) is 0 Å². The van der Waals surface area contributed by atoms with E-state index in [9.17, 15) is 0 Å². The third-order valence-corrected chi connectivity index (χ3v) is 3.15. The van der Waals surface area contributed by atoms with E-state index in [1.165, 1.54) is 5.56 Å². The lowest BCUT2D eigenvalue weighted by atomic mass is 10.0. The maximum Gasteiger partial charge on any atom is 0.127 e. The molecule has 2 aromatic rings. The first-order chi connectivity index (χ1) is 9.35. The Labute approximate surface area is 115 Å². The second kappa shape index (κ2) is 6.95. The monoisotopic (exact) mass is 255 g/mol. The van der Waals surface area contributed by atoms with Crippen LogP contribution in [0.2, 0.25) is 0 Å². The Morgan fingerprint density at radius 3 is 2.37 bits per heavy atom. The molecule has 19 heavy (non-hydrogen) atoms. The lowest BCUT2D eigenvalue weighted by Crippen LogP contribution is -2.28. The van der Waals surface area contributed by atoms with Crippen LogP contribution in [0.3, 0.4) is 0 Å². The minimum absolute atomic E-state index is 0.204. The Hall–Kier alpha value is -1.80. The van der Waals surface area contributed by atoms with Crippen LogP contribution in [0, 0.1) is 0 Å². The first-order valence-corrected chi connectivity index (χ1v) is 6.81. The van der Waals surface area contributed by atoms with E-state index in [0.29, 0.717) is 0 Å². The van der Waals surface area contributed by atoms with Crippen LogP contribution in [0.1, 0.15) is 13.3 Å². The van der Waals surface area contributed by atoms with E-state index in [1.54, 1.807) is 0 Å². The molecule has 2 rings (SSSR count). The molecule has 1 unspecified atom stereocenters. The van der Waals surface area contributed by atoms with Crippen LogP contribution in [-0.2, 0) is 0 Å². The SMILES string of the molecule is CCC(CNC)Oc1ccccc1-c1ccccc1. The lowest BCUT2D eigenvalue weighted by Gasteiger charge is -2.19. The highest BCUT2D eigenvalue weighted by Crippen LogP contribution is 2.30. The minimum Gasteiger partial charge on any atom is -0.488 e. The fourth-order valence-corrected chi connectivity index (χ4v) is 2.10. The number of rotatable bonds is 6. The van der Waals surface area contributed by atoms with Gasteiger partial charge in [0, 0.05) is 12.1 Å². The van der Waals surface area contributed by atoms with Crippen LogP contribution < -0.4 is 10.1 Å². The standard InChI is InChI=1S/C17H21NO/c1-3-15(13-18-2)19-17-12-8-7-11-16(17)14-9-5-4-6-10-14/h4-12,15,18H,3,13H2,1-2H3. The molecular weight excluding hydrogens is 234 g/mol. The molecule has 0 heterocycles. The van der Waals surface area contributed by atoms with Crippen molar-refractivity contribution in [1.29, 1.82) is 0 Å². The van der Waals surface area contributed by atoms with E-state index < -0.39 is 0 Å². The van der Waals surface area contributed by atoms with Gasteiger partial charge in [0.05, 0.1) is 0 Å². The molecule has 2 nitrogen and oxygen atoms in total. The lowest BCUT2D eigenvalue weighted by molar-refractivity contribution is 0.197. The summed E-state index contributed by atoms with van der Waals surface area (Å²) in [5.41, 5.74) is 2.34. The highest BCUT2D eigenvalue weighted by molar-refractivity contribution is 5.70. The van der Waals surface area contributed by atoms with Crippen molar-refractivity contribution in [3.05, 3.63) is 54.6 Å². The summed E-state index contributed by atoms with van der Waals surface area (Å²) in [6, 6.07) is 18.6. The van der Waals surface area contributed by atoms with Crippen molar-refractivity contribution >= 4 is 0 Å². The highest BCUT2D eigenvalue weighted by atomic mass is 16.5. The summed E-state index contributed by atoms with van der Waals surface area (Å²) >= 11 is 0. The molecule has 2 heteroatoms. The summed E-state index contributed by atoms with van der Waals surface area (Å²) in [5, 5.41) is 3.17. The maximum atomic E-state index is 6.13. The van der Waals surface area contributed by atoms with Crippen molar-refractivity contribution in [2.24, 2.45) is 0 Å². The molecule has 1 atom stereocenters. The molecular formula is C17H21NO. The van der Waals surface area contributed by atoms with Gasteiger partial charge in [0.2, 0.25) is 0 Å². The van der Waals surface area contributed by atoms with E-state index in [-0.39, 0.29) is 6.10 Å². The Kier molecular flexibility index (Phi) is 4.99. The molecule has 1 N–H and O–H groups in total. The van der Waals surface area contributed by atoms with Gasteiger partial charge in [0.15, 0.2) is 0 Å². The smallest absolute Gasteiger partial charge is 0.127 e. The van der Waals surface area contributed by atoms with Gasteiger partial charge in [-0.25, -0.2) is 0 Å². The second-order valence-electron chi connectivity index (χ2n) is 4.57. The van der Waals surface area contributed by atoms with E-state index in [1.807, 2.05) is 31.3 Å². The first kappa shape index (κ1) is 13.6. The van der Waals surface area contributed by atoms with Crippen LogP contribution in [0.15, 0.2) is 54.6 Å². The van der Waals surface area contributed by atoms with Gasteiger partial charge < -0.3 is 10.1 Å². The zero-order valence-electron chi connectivity index (χ0n) is 11.6. The molecule has 0 aliphatic rings. The van der Waals surface area contributed by atoms with Crippen LogP contribution in [0.4, 0.5) is 0 Å². The minimum atomic E-state index is 0.204. The fourth-order valence-electron chi connectivity index (χ4n) is 2.10. The summed E-state index contributed by atoms with van der Waals surface area (Å²) < 4.78 is 6.13. The quantitative estimate of drug-likeness (QED) is 0.849. The third kappa shape index (κ3) is 3.58. The number of nitrogens with one attached hydrogen (secondary N) is 1. The number of ether oxygens (including phenoxy) is 1. The molecule has 2 aromatic carbocycles. The summed E-state index contributed by atoms with van der Waals surface area (Å²) in [4.78, 5) is 0. The predicted octanol–water partition coefficient (Wildman–Crippen LogP) is 3.73. The van der Waals surface area contributed by atoms with Crippen LogP contribution in [-0.4, -0.2) is 19.7 Å². The fraction of sp³-hybridized carbons (Fsp3) is 0.294. The number of likely N-dealkylation sites (N-methyl/N-ethyl adjacent to an activating group) is 1. The maximum absolute atomic E-state index is 6.13. The van der Waals surface area contributed by atoms with Gasteiger partial charge in [-0.1, -0.05) is 55.5 Å². The van der Waals surface area contributed by atoms with Gasteiger partial charge in [0.1, 0.15) is 11.9 Å². The Morgan fingerprint density at radius 1 is 1.00 bits per heavy atom. The molecule has 0 radical (unpaired) electrons. The van der Waals surface area contributed by atoms with E-state index >= 15 is 0 Å². The summed E-state index contributed by atoms with van der Waals surface area (Å²) in [6.45, 7) is 3.01. The van der Waals surface area contributed by atoms with Crippen molar-refractivity contribution in [3.8, 4) is 16.9 Å². The molecule has 0 aliphatic carbocycles. The molecule has 0 saturated carbocycles. The summed E-state index contributed by atoms with van der Waals surface area (Å²) in [5.74, 6) is 0.954. The molecule has 0 saturated heterocycles. The molecule has 0 aliphatic heterocycles. The third-order valence-electron chi connectivity index (χ3n) is 3.15. The van der Waals surface area contributed by atoms with Crippen molar-refractivity contribution in [3.63, 3.8) is 0 Å². The zero-order valence-corrected chi connectivity index (χ0v) is 11.6. The van der Waals surface area contributed by atoms with Crippen molar-refractivity contribution in [1.82, 2.24) is 5.32 Å². The second-order valence-corrected chi connectivity index (χ2v) is 4.57. The number of hydrogen-bond acceptors (Lipinski definition) is 2. The first-order valence-electron chi connectivity index (χ1n) is 6.81. The van der Waals surface area contributed by atoms with Crippen LogP contribution >= 0.6 is 0 Å². The molecule has 0 spiro atoms. The largest absolute Gasteiger partial charge is 0.488 e. The molecule has 0 aromatic heterocycles. The normalized spacial score (nSPS) is 12.1. The summed E-state index contributed by atoms with van der Waals surface area (Å²) in [7, 11) is 1.95. The highest BCUT2D eigenvalue weighted by Gasteiger charge is 2.10. The molecule has 0 amide bonds. The Balaban J connectivity index is 2.26. The Morgan fingerprint density at radius 2 is 1.68 bits per heavy atom. The number of para-hydroxylation sites is 1. The molecule has 0 fully saturated rings. The zero-order chi connectivity index (χ0) is 13.5. The number of benzene rings is 2. The van der Waals surface area contributed by atoms with Gasteiger partial charge in [-0.3, -0.25) is 0 Å². The van der Waals surface area contributed by atoms with Crippen LogP contribution in [0.5, 0.6) is 5.75 Å². The van der Waals surface area contributed by atoms with Crippen molar-refractivity contribution < 1.29 is 4.74 Å². The Bertz CT molecular complexity index is 496. The number of hydrogen-bond donors (Lipinski definition) is 1. The molecule has 0 bridgehead atoms. The van der Waals surface area contributed by atoms with E-state index in [0.717, 1.165) is 24.3 Å². The van der Waals surface area contributed by atoms with Crippen molar-refractivity contribution in [2.45, 2.75) is 19.4 Å². The predicted molar refractivity (Wildman–Crippen MR) is 80.5 cm³/mol. The van der Waals surface area contributed by atoms with Gasteiger partial charge in [-0.15, -0.1) is 0 Å². The average molecular weight is 255 g/mol. The van der Waals surface area contributed by atoms with E-state index in [2.05, 4.69) is 42.6 Å². The van der Waals surface area contributed by atoms with Crippen molar-refractivity contribution in [2.75, 3.05) is 13.6 Å².